The molecule has 1 N–H and O–H groups in total. The molecule has 18 heavy (non-hydrogen) atoms. The van der Waals surface area contributed by atoms with E-state index < -0.39 is 7.12 Å². The molecule has 0 radical (unpaired) electrons. The molecule has 0 spiro atoms. The molecular formula is C13H20BNO3. The first-order valence-electron chi connectivity index (χ1n) is 6.19. The first-order valence-corrected chi connectivity index (χ1v) is 6.19. The summed E-state index contributed by atoms with van der Waals surface area (Å²) in [6.45, 7) is 10.0. The molecule has 0 aliphatic carbocycles. The summed E-state index contributed by atoms with van der Waals surface area (Å²) in [7, 11) is -0.442. The molecule has 1 saturated heterocycles. The van der Waals surface area contributed by atoms with Crippen LogP contribution in [0.25, 0.3) is 0 Å². The number of rotatable bonds is 2. The molecule has 0 aromatic carbocycles. The maximum absolute atomic E-state index is 9.08. The van der Waals surface area contributed by atoms with E-state index in [9.17, 15) is 0 Å². The van der Waals surface area contributed by atoms with E-state index >= 15 is 0 Å². The van der Waals surface area contributed by atoms with Crippen LogP contribution in [0.3, 0.4) is 0 Å². The molecule has 1 aliphatic heterocycles. The van der Waals surface area contributed by atoms with Crippen molar-refractivity contribution in [2.45, 2.75) is 52.4 Å². The lowest BCUT2D eigenvalue weighted by Crippen LogP contribution is -2.41. The van der Waals surface area contributed by atoms with Gasteiger partial charge in [-0.1, -0.05) is 6.07 Å². The van der Waals surface area contributed by atoms with Crippen LogP contribution in [0.4, 0.5) is 0 Å². The Labute approximate surface area is 108 Å². The van der Waals surface area contributed by atoms with Crippen molar-refractivity contribution in [2.24, 2.45) is 0 Å². The van der Waals surface area contributed by atoms with Crippen LogP contribution < -0.4 is 5.59 Å². The second-order valence-corrected chi connectivity index (χ2v) is 5.79. The van der Waals surface area contributed by atoms with Gasteiger partial charge in [0.2, 0.25) is 0 Å². The lowest BCUT2D eigenvalue weighted by atomic mass is 9.81. The molecule has 0 atom stereocenters. The van der Waals surface area contributed by atoms with Gasteiger partial charge < -0.3 is 14.4 Å². The minimum Gasteiger partial charge on any atom is -0.398 e. The third-order valence-electron chi connectivity index (χ3n) is 3.83. The number of pyridine rings is 1. The Morgan fingerprint density at radius 2 is 1.78 bits per heavy atom. The normalized spacial score (nSPS) is 21.3. The van der Waals surface area contributed by atoms with E-state index in [-0.39, 0.29) is 17.8 Å². The monoisotopic (exact) mass is 249 g/mol. The number of aliphatic hydroxyl groups is 1. The van der Waals surface area contributed by atoms with Crippen molar-refractivity contribution in [3.8, 4) is 0 Å². The van der Waals surface area contributed by atoms with Crippen molar-refractivity contribution in [3.63, 3.8) is 0 Å². The first-order chi connectivity index (χ1) is 8.27. The fourth-order valence-corrected chi connectivity index (χ4v) is 1.93. The Morgan fingerprint density at radius 3 is 2.22 bits per heavy atom. The number of aryl methyl sites for hydroxylation is 1. The summed E-state index contributed by atoms with van der Waals surface area (Å²) in [5.74, 6) is 0. The maximum Gasteiger partial charge on any atom is 0.514 e. The zero-order valence-corrected chi connectivity index (χ0v) is 11.7. The molecule has 0 saturated carbocycles. The van der Waals surface area contributed by atoms with Gasteiger partial charge in [-0.25, -0.2) is 0 Å². The first kappa shape index (κ1) is 13.5. The van der Waals surface area contributed by atoms with Gasteiger partial charge in [-0.15, -0.1) is 0 Å². The molecule has 2 rings (SSSR count). The van der Waals surface area contributed by atoms with Gasteiger partial charge in [-0.2, -0.15) is 0 Å². The van der Waals surface area contributed by atoms with Gasteiger partial charge in [-0.3, -0.25) is 4.98 Å². The minimum atomic E-state index is -0.442. The van der Waals surface area contributed by atoms with Crippen LogP contribution >= 0.6 is 0 Å². The molecule has 98 valence electrons. The van der Waals surface area contributed by atoms with Crippen molar-refractivity contribution in [3.05, 3.63) is 23.4 Å². The molecule has 0 amide bonds. The van der Waals surface area contributed by atoms with Crippen LogP contribution in [0.15, 0.2) is 12.3 Å². The molecular weight excluding hydrogens is 229 g/mol. The van der Waals surface area contributed by atoms with Crippen molar-refractivity contribution in [1.29, 1.82) is 0 Å². The largest absolute Gasteiger partial charge is 0.514 e. The average Bonchev–Trinajstić information content (AvgIpc) is 2.47. The van der Waals surface area contributed by atoms with Crippen LogP contribution in [-0.4, -0.2) is 28.4 Å². The Balaban J connectivity index is 2.30. The van der Waals surface area contributed by atoms with Crippen molar-refractivity contribution in [1.82, 2.24) is 4.98 Å². The quantitative estimate of drug-likeness (QED) is 0.799. The number of hydrogen-bond donors (Lipinski definition) is 1. The van der Waals surface area contributed by atoms with E-state index in [1.165, 1.54) is 0 Å². The molecule has 0 bridgehead atoms. The lowest BCUT2D eigenvalue weighted by Gasteiger charge is -2.32. The summed E-state index contributed by atoms with van der Waals surface area (Å²) < 4.78 is 11.9. The van der Waals surface area contributed by atoms with Gasteiger partial charge in [0.15, 0.2) is 0 Å². The summed E-state index contributed by atoms with van der Waals surface area (Å²) in [6, 6.07) is 1.91. The van der Waals surface area contributed by atoms with Crippen LogP contribution in [-0.2, 0) is 15.9 Å². The fraction of sp³-hybridized carbons (Fsp3) is 0.615. The highest BCUT2D eigenvalue weighted by Crippen LogP contribution is 2.36. The molecule has 1 aromatic heterocycles. The summed E-state index contributed by atoms with van der Waals surface area (Å²) in [5, 5.41) is 9.08. The zero-order chi connectivity index (χ0) is 13.6. The molecule has 4 nitrogen and oxygen atoms in total. The highest BCUT2D eigenvalue weighted by atomic mass is 16.7. The smallest absolute Gasteiger partial charge is 0.398 e. The second kappa shape index (κ2) is 4.33. The third kappa shape index (κ3) is 2.18. The Bertz CT molecular complexity index is 444. The highest BCUT2D eigenvalue weighted by molar-refractivity contribution is 6.61. The minimum absolute atomic E-state index is 0.00249. The predicted octanol–water partition coefficient (Wildman–Crippen LogP) is 1.18. The van der Waals surface area contributed by atoms with Crippen LogP contribution in [0.2, 0.25) is 0 Å². The van der Waals surface area contributed by atoms with E-state index in [2.05, 4.69) is 4.98 Å². The molecule has 1 aromatic rings. The van der Waals surface area contributed by atoms with E-state index in [4.69, 9.17) is 14.4 Å². The van der Waals surface area contributed by atoms with E-state index in [0.29, 0.717) is 0 Å². The van der Waals surface area contributed by atoms with Crippen molar-refractivity contribution < 1.29 is 14.4 Å². The SMILES string of the molecule is Cc1cc(CO)cnc1B1OC(C)(C)C(C)(C)O1. The second-order valence-electron chi connectivity index (χ2n) is 5.79. The average molecular weight is 249 g/mol. The molecule has 2 heterocycles. The van der Waals surface area contributed by atoms with Crippen molar-refractivity contribution >= 4 is 12.7 Å². The van der Waals surface area contributed by atoms with Gasteiger partial charge in [0.25, 0.3) is 0 Å². The standard InChI is InChI=1S/C13H20BNO3/c1-9-6-10(8-16)7-15-11(9)14-17-12(2,3)13(4,5)18-14/h6-7,16H,8H2,1-5H3. The predicted molar refractivity (Wildman–Crippen MR) is 70.6 cm³/mol. The third-order valence-corrected chi connectivity index (χ3v) is 3.83. The number of aromatic nitrogens is 1. The van der Waals surface area contributed by atoms with Gasteiger partial charge in [0.1, 0.15) is 0 Å². The Kier molecular flexibility index (Phi) is 3.26. The lowest BCUT2D eigenvalue weighted by molar-refractivity contribution is 0.00578. The highest BCUT2D eigenvalue weighted by Gasteiger charge is 2.52. The zero-order valence-electron chi connectivity index (χ0n) is 11.7. The molecule has 0 unspecified atom stereocenters. The Morgan fingerprint density at radius 1 is 1.22 bits per heavy atom. The van der Waals surface area contributed by atoms with E-state index in [0.717, 1.165) is 16.7 Å². The molecule has 1 fully saturated rings. The number of aliphatic hydroxyl groups excluding tert-OH is 1. The number of hydrogen-bond acceptors (Lipinski definition) is 4. The summed E-state index contributed by atoms with van der Waals surface area (Å²) in [5.41, 5.74) is 1.83. The van der Waals surface area contributed by atoms with Crippen LogP contribution in [0.5, 0.6) is 0 Å². The summed E-state index contributed by atoms with van der Waals surface area (Å²) in [4.78, 5) is 4.35. The molecule has 5 heteroatoms. The fourth-order valence-electron chi connectivity index (χ4n) is 1.93. The van der Waals surface area contributed by atoms with E-state index in [1.807, 2.05) is 40.7 Å². The van der Waals surface area contributed by atoms with Gasteiger partial charge in [0, 0.05) is 6.20 Å². The summed E-state index contributed by atoms with van der Waals surface area (Å²) in [6.07, 6.45) is 1.66. The van der Waals surface area contributed by atoms with Crippen LogP contribution in [0.1, 0.15) is 38.8 Å². The molecule has 1 aliphatic rings. The topological polar surface area (TPSA) is 51.6 Å². The number of nitrogens with zero attached hydrogens (tertiary/aromatic N) is 1. The van der Waals surface area contributed by atoms with Gasteiger partial charge in [0.05, 0.1) is 23.4 Å². The van der Waals surface area contributed by atoms with E-state index in [1.54, 1.807) is 6.20 Å². The van der Waals surface area contributed by atoms with Gasteiger partial charge in [-0.05, 0) is 45.7 Å². The summed E-state index contributed by atoms with van der Waals surface area (Å²) >= 11 is 0. The maximum atomic E-state index is 9.08. The van der Waals surface area contributed by atoms with Crippen molar-refractivity contribution in [2.75, 3.05) is 0 Å². The van der Waals surface area contributed by atoms with Crippen LogP contribution in [0, 0.1) is 6.92 Å². The Hall–Kier alpha value is -0.905. The van der Waals surface area contributed by atoms with Gasteiger partial charge >= 0.3 is 7.12 Å².